The second kappa shape index (κ2) is 8.55. The molecule has 0 saturated carbocycles. The SMILES string of the molecule is CN(C)C(=O)CNCc1cccc(-c2ccc3ncnc(N)c3n2)c1.Cl. The second-order valence-electron chi connectivity index (χ2n) is 5.92. The molecule has 2 aromatic heterocycles. The summed E-state index contributed by atoms with van der Waals surface area (Å²) in [6.45, 7) is 0.908. The predicted octanol–water partition coefficient (Wildman–Crippen LogP) is 1.87. The Kier molecular flexibility index (Phi) is 6.43. The van der Waals surface area contributed by atoms with E-state index in [2.05, 4.69) is 20.3 Å². The molecule has 0 aliphatic carbocycles. The van der Waals surface area contributed by atoms with Crippen molar-refractivity contribution in [2.24, 2.45) is 0 Å². The topological polar surface area (TPSA) is 97.0 Å². The van der Waals surface area contributed by atoms with E-state index in [9.17, 15) is 4.79 Å². The smallest absolute Gasteiger partial charge is 0.236 e. The molecule has 0 radical (unpaired) electrons. The number of nitrogen functional groups attached to an aromatic ring is 1. The van der Waals surface area contributed by atoms with Gasteiger partial charge in [0.25, 0.3) is 0 Å². The number of nitrogens with zero attached hydrogens (tertiary/aromatic N) is 4. The van der Waals surface area contributed by atoms with Gasteiger partial charge in [-0.25, -0.2) is 15.0 Å². The summed E-state index contributed by atoms with van der Waals surface area (Å²) in [6.07, 6.45) is 1.43. The molecular formula is C18H21ClN6O. The van der Waals surface area contributed by atoms with Crippen LogP contribution in [0.15, 0.2) is 42.7 Å². The number of likely N-dealkylation sites (N-methyl/N-ethyl adjacent to an activating group) is 1. The van der Waals surface area contributed by atoms with Crippen molar-refractivity contribution < 1.29 is 4.79 Å². The Morgan fingerprint density at radius 3 is 2.77 bits per heavy atom. The maximum absolute atomic E-state index is 11.6. The summed E-state index contributed by atoms with van der Waals surface area (Å²) < 4.78 is 0. The monoisotopic (exact) mass is 372 g/mol. The number of amides is 1. The van der Waals surface area contributed by atoms with Crippen molar-refractivity contribution in [1.29, 1.82) is 0 Å². The molecular weight excluding hydrogens is 352 g/mol. The molecule has 0 fully saturated rings. The molecule has 3 N–H and O–H groups in total. The van der Waals surface area contributed by atoms with Gasteiger partial charge in [0.2, 0.25) is 5.91 Å². The molecule has 0 unspecified atom stereocenters. The van der Waals surface area contributed by atoms with Gasteiger partial charge in [-0.05, 0) is 23.8 Å². The third-order valence-electron chi connectivity index (χ3n) is 3.84. The van der Waals surface area contributed by atoms with E-state index in [1.807, 2.05) is 36.4 Å². The zero-order chi connectivity index (χ0) is 17.8. The Hall–Kier alpha value is -2.77. The number of rotatable bonds is 5. The van der Waals surface area contributed by atoms with E-state index in [4.69, 9.17) is 5.73 Å². The molecule has 3 rings (SSSR count). The predicted molar refractivity (Wildman–Crippen MR) is 105 cm³/mol. The summed E-state index contributed by atoms with van der Waals surface area (Å²) in [5.74, 6) is 0.412. The molecule has 0 bridgehead atoms. The van der Waals surface area contributed by atoms with Crippen LogP contribution in [0, 0.1) is 0 Å². The molecule has 1 amide bonds. The zero-order valence-electron chi connectivity index (χ0n) is 14.6. The number of carbonyl (C=O) groups is 1. The quantitative estimate of drug-likeness (QED) is 0.709. The second-order valence-corrected chi connectivity index (χ2v) is 5.92. The molecule has 1 aromatic carbocycles. The van der Waals surface area contributed by atoms with Gasteiger partial charge in [0.1, 0.15) is 11.8 Å². The molecule has 2 heterocycles. The van der Waals surface area contributed by atoms with Gasteiger partial charge in [0, 0.05) is 26.2 Å². The molecule has 7 nitrogen and oxygen atoms in total. The van der Waals surface area contributed by atoms with Gasteiger partial charge in [-0.2, -0.15) is 0 Å². The van der Waals surface area contributed by atoms with Crippen LogP contribution in [-0.4, -0.2) is 46.4 Å². The van der Waals surface area contributed by atoms with Crippen molar-refractivity contribution in [2.45, 2.75) is 6.54 Å². The standard InChI is InChI=1S/C18H20N6O.ClH/c1-24(2)16(25)10-20-9-12-4-3-5-13(8-12)14-6-7-15-17(23-14)18(19)22-11-21-15;/h3-8,11,20H,9-10H2,1-2H3,(H2,19,21,22);1H. The highest BCUT2D eigenvalue weighted by Crippen LogP contribution is 2.22. The van der Waals surface area contributed by atoms with Gasteiger partial charge >= 0.3 is 0 Å². The van der Waals surface area contributed by atoms with E-state index >= 15 is 0 Å². The lowest BCUT2D eigenvalue weighted by molar-refractivity contribution is -0.127. The lowest BCUT2D eigenvalue weighted by Crippen LogP contribution is -2.32. The fourth-order valence-electron chi connectivity index (χ4n) is 2.43. The van der Waals surface area contributed by atoms with E-state index in [1.165, 1.54) is 6.33 Å². The maximum atomic E-state index is 11.6. The lowest BCUT2D eigenvalue weighted by atomic mass is 10.1. The number of anilines is 1. The number of benzene rings is 1. The molecule has 0 aliphatic rings. The van der Waals surface area contributed by atoms with Crippen molar-refractivity contribution in [1.82, 2.24) is 25.2 Å². The summed E-state index contributed by atoms with van der Waals surface area (Å²) in [5, 5.41) is 3.15. The van der Waals surface area contributed by atoms with Crippen LogP contribution in [0.5, 0.6) is 0 Å². The van der Waals surface area contributed by atoms with Crippen molar-refractivity contribution >= 4 is 35.2 Å². The van der Waals surface area contributed by atoms with Gasteiger partial charge < -0.3 is 16.0 Å². The minimum absolute atomic E-state index is 0. The summed E-state index contributed by atoms with van der Waals surface area (Å²) in [4.78, 5) is 25.9. The molecule has 0 spiro atoms. The van der Waals surface area contributed by atoms with Gasteiger partial charge in [-0.1, -0.05) is 18.2 Å². The van der Waals surface area contributed by atoms with Crippen LogP contribution in [0.2, 0.25) is 0 Å². The van der Waals surface area contributed by atoms with Crippen molar-refractivity contribution in [3.05, 3.63) is 48.3 Å². The molecule has 0 saturated heterocycles. The average Bonchev–Trinajstić information content (AvgIpc) is 2.62. The van der Waals surface area contributed by atoms with Gasteiger partial charge in [0.15, 0.2) is 5.82 Å². The number of aromatic nitrogens is 3. The first-order valence-electron chi connectivity index (χ1n) is 7.92. The Bertz CT molecular complexity index is 915. The van der Waals surface area contributed by atoms with Crippen molar-refractivity contribution in [3.8, 4) is 11.3 Å². The van der Waals surface area contributed by atoms with Crippen LogP contribution in [0.25, 0.3) is 22.3 Å². The van der Waals surface area contributed by atoms with E-state index in [0.717, 1.165) is 22.3 Å². The first kappa shape index (κ1) is 19.6. The zero-order valence-corrected chi connectivity index (χ0v) is 15.5. The average molecular weight is 373 g/mol. The fraction of sp³-hybridized carbons (Fsp3) is 0.222. The van der Waals surface area contributed by atoms with Gasteiger partial charge in [-0.15, -0.1) is 12.4 Å². The largest absolute Gasteiger partial charge is 0.382 e. The normalized spacial score (nSPS) is 10.4. The van der Waals surface area contributed by atoms with Crippen LogP contribution in [0.1, 0.15) is 5.56 Å². The van der Waals surface area contributed by atoms with Crippen LogP contribution in [0.4, 0.5) is 5.82 Å². The number of hydrogen-bond donors (Lipinski definition) is 2. The summed E-state index contributed by atoms with van der Waals surface area (Å²) in [6, 6.07) is 11.8. The highest BCUT2D eigenvalue weighted by atomic mass is 35.5. The molecule has 3 aromatic rings. The minimum Gasteiger partial charge on any atom is -0.382 e. The maximum Gasteiger partial charge on any atom is 0.236 e. The Morgan fingerprint density at radius 1 is 1.19 bits per heavy atom. The lowest BCUT2D eigenvalue weighted by Gasteiger charge is -2.11. The minimum atomic E-state index is 0. The number of nitrogens with one attached hydrogen (secondary N) is 1. The van der Waals surface area contributed by atoms with E-state index in [-0.39, 0.29) is 18.3 Å². The van der Waals surface area contributed by atoms with E-state index in [1.54, 1.807) is 19.0 Å². The number of halogens is 1. The van der Waals surface area contributed by atoms with Gasteiger partial charge in [0.05, 0.1) is 17.8 Å². The van der Waals surface area contributed by atoms with Gasteiger partial charge in [-0.3, -0.25) is 4.79 Å². The third kappa shape index (κ3) is 4.44. The van der Waals surface area contributed by atoms with Crippen LogP contribution < -0.4 is 11.1 Å². The number of carbonyl (C=O) groups excluding carboxylic acids is 1. The summed E-state index contributed by atoms with van der Waals surface area (Å²) >= 11 is 0. The third-order valence-corrected chi connectivity index (χ3v) is 3.84. The van der Waals surface area contributed by atoms with Crippen LogP contribution >= 0.6 is 12.4 Å². The Morgan fingerprint density at radius 2 is 2.00 bits per heavy atom. The highest BCUT2D eigenvalue weighted by molar-refractivity contribution is 5.86. The first-order valence-corrected chi connectivity index (χ1v) is 7.92. The Labute approximate surface area is 158 Å². The molecule has 8 heteroatoms. The number of pyridine rings is 1. The van der Waals surface area contributed by atoms with Crippen molar-refractivity contribution in [2.75, 3.05) is 26.4 Å². The van der Waals surface area contributed by atoms with Crippen LogP contribution in [-0.2, 0) is 11.3 Å². The molecule has 0 aliphatic heterocycles. The number of nitrogens with two attached hydrogens (primary N) is 1. The van der Waals surface area contributed by atoms with E-state index < -0.39 is 0 Å². The number of hydrogen-bond acceptors (Lipinski definition) is 6. The fourth-order valence-corrected chi connectivity index (χ4v) is 2.43. The summed E-state index contributed by atoms with van der Waals surface area (Å²) in [7, 11) is 3.48. The number of fused-ring (bicyclic) bond motifs is 1. The molecule has 26 heavy (non-hydrogen) atoms. The van der Waals surface area contributed by atoms with Crippen LogP contribution in [0.3, 0.4) is 0 Å². The Balaban J connectivity index is 0.00000243. The van der Waals surface area contributed by atoms with Crippen molar-refractivity contribution in [3.63, 3.8) is 0 Å². The first-order chi connectivity index (χ1) is 12.0. The molecule has 136 valence electrons. The molecule has 0 atom stereocenters. The summed E-state index contributed by atoms with van der Waals surface area (Å²) in [5.41, 5.74) is 10.1. The highest BCUT2D eigenvalue weighted by Gasteiger charge is 2.07. The van der Waals surface area contributed by atoms with E-state index in [0.29, 0.717) is 24.4 Å².